The lowest BCUT2D eigenvalue weighted by Gasteiger charge is -2.34. The van der Waals surface area contributed by atoms with Gasteiger partial charge in [0.25, 0.3) is 0 Å². The molecule has 1 aliphatic heterocycles. The van der Waals surface area contributed by atoms with Crippen LogP contribution in [0.15, 0.2) is 35.3 Å². The molecule has 7 heteroatoms. The fourth-order valence-corrected chi connectivity index (χ4v) is 4.31. The van der Waals surface area contributed by atoms with Crippen molar-refractivity contribution >= 4 is 28.6 Å². The lowest BCUT2D eigenvalue weighted by molar-refractivity contribution is -0.136. The number of aromatic nitrogens is 1. The predicted octanol–water partition coefficient (Wildman–Crippen LogP) is 3.39. The lowest BCUT2D eigenvalue weighted by atomic mass is 9.98. The summed E-state index contributed by atoms with van der Waals surface area (Å²) < 4.78 is 0. The van der Waals surface area contributed by atoms with Gasteiger partial charge in [-0.05, 0) is 43.4 Å². The van der Waals surface area contributed by atoms with Crippen molar-refractivity contribution in [3.05, 3.63) is 35.9 Å². The van der Waals surface area contributed by atoms with E-state index in [-0.39, 0.29) is 5.92 Å². The molecule has 1 amide bonds. The summed E-state index contributed by atoms with van der Waals surface area (Å²) in [6.07, 6.45) is 3.72. The SMILES string of the molecule is CCC(CC)C(=O)N1CCC(NC(=NC)NCc2cc(N(C)C)nc3ccccc23)CC1. The first-order valence-corrected chi connectivity index (χ1v) is 11.8. The van der Waals surface area contributed by atoms with Crippen LogP contribution in [0, 0.1) is 5.92 Å². The van der Waals surface area contributed by atoms with E-state index in [0.29, 0.717) is 18.5 Å². The smallest absolute Gasteiger partial charge is 0.225 e. The van der Waals surface area contributed by atoms with Gasteiger partial charge in [0.15, 0.2) is 5.96 Å². The second-order valence-corrected chi connectivity index (χ2v) is 8.73. The first kappa shape index (κ1) is 23.8. The van der Waals surface area contributed by atoms with Gasteiger partial charge in [0, 0.05) is 58.1 Å². The largest absolute Gasteiger partial charge is 0.363 e. The number of anilines is 1. The fraction of sp³-hybridized carbons (Fsp3) is 0.560. The second-order valence-electron chi connectivity index (χ2n) is 8.73. The molecule has 0 radical (unpaired) electrons. The van der Waals surface area contributed by atoms with Crippen molar-refractivity contribution in [1.82, 2.24) is 20.5 Å². The molecule has 1 aliphatic rings. The summed E-state index contributed by atoms with van der Waals surface area (Å²) in [5, 5.41) is 8.17. The molecule has 0 bridgehead atoms. The molecule has 3 rings (SSSR count). The summed E-state index contributed by atoms with van der Waals surface area (Å²) in [6, 6.07) is 10.7. The van der Waals surface area contributed by atoms with Gasteiger partial charge < -0.3 is 20.4 Å². The summed E-state index contributed by atoms with van der Waals surface area (Å²) in [5.74, 6) is 2.22. The van der Waals surface area contributed by atoms with Gasteiger partial charge in [0.05, 0.1) is 5.52 Å². The number of nitrogens with one attached hydrogen (secondary N) is 2. The maximum atomic E-state index is 12.6. The first-order valence-electron chi connectivity index (χ1n) is 11.8. The van der Waals surface area contributed by atoms with Crippen LogP contribution in [0.5, 0.6) is 0 Å². The average molecular weight is 439 g/mol. The van der Waals surface area contributed by atoms with E-state index in [4.69, 9.17) is 4.98 Å². The first-order chi connectivity index (χ1) is 15.5. The minimum Gasteiger partial charge on any atom is -0.363 e. The number of hydrogen-bond donors (Lipinski definition) is 2. The molecule has 1 saturated heterocycles. The van der Waals surface area contributed by atoms with Crippen molar-refractivity contribution in [2.75, 3.05) is 39.1 Å². The van der Waals surface area contributed by atoms with Crippen molar-refractivity contribution in [3.63, 3.8) is 0 Å². The van der Waals surface area contributed by atoms with Crippen LogP contribution in [0.3, 0.4) is 0 Å². The fourth-order valence-electron chi connectivity index (χ4n) is 4.31. The molecule has 174 valence electrons. The summed E-state index contributed by atoms with van der Waals surface area (Å²) in [6.45, 7) is 6.49. The normalized spacial score (nSPS) is 15.3. The number of aliphatic imine (C=N–C) groups is 1. The molecule has 0 saturated carbocycles. The molecule has 0 spiro atoms. The molecule has 2 N–H and O–H groups in total. The van der Waals surface area contributed by atoms with E-state index in [1.807, 2.05) is 36.0 Å². The highest BCUT2D eigenvalue weighted by Crippen LogP contribution is 2.22. The van der Waals surface area contributed by atoms with E-state index in [2.05, 4.69) is 47.7 Å². The van der Waals surface area contributed by atoms with E-state index in [0.717, 1.165) is 61.5 Å². The number of amides is 1. The highest BCUT2D eigenvalue weighted by Gasteiger charge is 2.26. The maximum Gasteiger partial charge on any atom is 0.225 e. The van der Waals surface area contributed by atoms with Crippen LogP contribution in [-0.2, 0) is 11.3 Å². The Bertz CT molecular complexity index is 929. The van der Waals surface area contributed by atoms with E-state index in [1.165, 1.54) is 5.56 Å². The zero-order valence-corrected chi connectivity index (χ0v) is 20.2. The molecule has 1 fully saturated rings. The number of nitrogens with zero attached hydrogens (tertiary/aromatic N) is 4. The van der Waals surface area contributed by atoms with Crippen molar-refractivity contribution in [3.8, 4) is 0 Å². The van der Waals surface area contributed by atoms with E-state index >= 15 is 0 Å². The number of pyridine rings is 1. The third-order valence-electron chi connectivity index (χ3n) is 6.40. The summed E-state index contributed by atoms with van der Waals surface area (Å²) in [7, 11) is 5.82. The van der Waals surface area contributed by atoms with Crippen molar-refractivity contribution in [2.24, 2.45) is 10.9 Å². The Morgan fingerprint density at radius 1 is 1.22 bits per heavy atom. The van der Waals surface area contributed by atoms with Gasteiger partial charge in [0.1, 0.15) is 5.82 Å². The van der Waals surface area contributed by atoms with Crippen LogP contribution in [0.2, 0.25) is 0 Å². The minimum atomic E-state index is 0.163. The minimum absolute atomic E-state index is 0.163. The van der Waals surface area contributed by atoms with Crippen LogP contribution in [-0.4, -0.2) is 62.0 Å². The zero-order chi connectivity index (χ0) is 23.1. The lowest BCUT2D eigenvalue weighted by Crippen LogP contribution is -2.50. The van der Waals surface area contributed by atoms with Crippen molar-refractivity contribution < 1.29 is 4.79 Å². The number of para-hydroxylation sites is 1. The molecule has 0 atom stereocenters. The number of carbonyl (C=O) groups is 1. The molecule has 0 unspecified atom stereocenters. The Morgan fingerprint density at radius 2 is 1.91 bits per heavy atom. The van der Waals surface area contributed by atoms with Crippen LogP contribution >= 0.6 is 0 Å². The highest BCUT2D eigenvalue weighted by atomic mass is 16.2. The monoisotopic (exact) mass is 438 g/mol. The van der Waals surface area contributed by atoms with Gasteiger partial charge in [0.2, 0.25) is 5.91 Å². The average Bonchev–Trinajstić information content (AvgIpc) is 2.82. The van der Waals surface area contributed by atoms with Crippen LogP contribution < -0.4 is 15.5 Å². The van der Waals surface area contributed by atoms with Crippen molar-refractivity contribution in [2.45, 2.75) is 52.1 Å². The number of hydrogen-bond acceptors (Lipinski definition) is 4. The number of likely N-dealkylation sites (tertiary alicyclic amines) is 1. The van der Waals surface area contributed by atoms with E-state index in [9.17, 15) is 4.79 Å². The number of fused-ring (bicyclic) bond motifs is 1. The molecular weight excluding hydrogens is 400 g/mol. The number of carbonyl (C=O) groups excluding carboxylic acids is 1. The van der Waals surface area contributed by atoms with Gasteiger partial charge in [-0.1, -0.05) is 32.0 Å². The van der Waals surface area contributed by atoms with Crippen molar-refractivity contribution in [1.29, 1.82) is 0 Å². The second kappa shape index (κ2) is 11.2. The number of guanidine groups is 1. The van der Waals surface area contributed by atoms with Gasteiger partial charge in [-0.25, -0.2) is 4.98 Å². The van der Waals surface area contributed by atoms with E-state index < -0.39 is 0 Å². The Hall–Kier alpha value is -2.83. The maximum absolute atomic E-state index is 12.6. The number of benzene rings is 1. The highest BCUT2D eigenvalue weighted by molar-refractivity contribution is 5.85. The predicted molar refractivity (Wildman–Crippen MR) is 133 cm³/mol. The quantitative estimate of drug-likeness (QED) is 0.512. The van der Waals surface area contributed by atoms with Crippen LogP contribution in [0.4, 0.5) is 5.82 Å². The summed E-state index contributed by atoms with van der Waals surface area (Å²) in [4.78, 5) is 25.9. The van der Waals surface area contributed by atoms with E-state index in [1.54, 1.807) is 7.05 Å². The Kier molecular flexibility index (Phi) is 8.31. The molecule has 1 aromatic carbocycles. The van der Waals surface area contributed by atoms with Gasteiger partial charge in [-0.3, -0.25) is 9.79 Å². The summed E-state index contributed by atoms with van der Waals surface area (Å²) in [5.41, 5.74) is 2.18. The number of rotatable bonds is 7. The zero-order valence-electron chi connectivity index (χ0n) is 20.2. The summed E-state index contributed by atoms with van der Waals surface area (Å²) >= 11 is 0. The topological polar surface area (TPSA) is 72.9 Å². The molecule has 0 aliphatic carbocycles. The van der Waals surface area contributed by atoms with Gasteiger partial charge in [-0.15, -0.1) is 0 Å². The third-order valence-corrected chi connectivity index (χ3v) is 6.40. The molecular formula is C25H38N6O. The van der Waals surface area contributed by atoms with Gasteiger partial charge >= 0.3 is 0 Å². The van der Waals surface area contributed by atoms with Gasteiger partial charge in [-0.2, -0.15) is 0 Å². The third kappa shape index (κ3) is 5.69. The molecule has 2 aromatic rings. The molecule has 1 aromatic heterocycles. The molecule has 7 nitrogen and oxygen atoms in total. The standard InChI is InChI=1S/C25H38N6O/c1-6-18(7-2)24(32)31-14-12-20(13-15-31)28-25(26-3)27-17-19-16-23(30(4)5)29-22-11-9-8-10-21(19)22/h8-11,16,18,20H,6-7,12-15,17H2,1-5H3,(H2,26,27,28). The Balaban J connectivity index is 1.59. The number of piperidine rings is 1. The van der Waals surface area contributed by atoms with Crippen LogP contribution in [0.25, 0.3) is 10.9 Å². The molecule has 32 heavy (non-hydrogen) atoms. The molecule has 2 heterocycles. The Labute approximate surface area is 192 Å². The van der Waals surface area contributed by atoms with Crippen LogP contribution in [0.1, 0.15) is 45.1 Å². The Morgan fingerprint density at radius 3 is 2.53 bits per heavy atom.